The molecule has 0 aliphatic carbocycles. The van der Waals surface area contributed by atoms with E-state index < -0.39 is 0 Å². The molecule has 0 aliphatic rings. The zero-order chi connectivity index (χ0) is 9.26. The summed E-state index contributed by atoms with van der Waals surface area (Å²) in [6.45, 7) is 0. The summed E-state index contributed by atoms with van der Waals surface area (Å²) in [5.41, 5.74) is 6.29. The first-order valence-electron chi connectivity index (χ1n) is 3.64. The Morgan fingerprint density at radius 3 is 2.46 bits per heavy atom. The highest BCUT2D eigenvalue weighted by Crippen LogP contribution is 2.21. The number of aromatic nitrogens is 2. The second-order valence-electron chi connectivity index (χ2n) is 2.50. The van der Waals surface area contributed by atoms with Gasteiger partial charge in [-0.3, -0.25) is 0 Å². The molecule has 0 spiro atoms. The van der Waals surface area contributed by atoms with Gasteiger partial charge in [0.25, 0.3) is 0 Å². The number of hydrogen-bond donors (Lipinski definition) is 2. The Morgan fingerprint density at radius 1 is 1.23 bits per heavy atom. The van der Waals surface area contributed by atoms with E-state index in [2.05, 4.69) is 9.36 Å². The van der Waals surface area contributed by atoms with Crippen LogP contribution in [0.25, 0.3) is 11.4 Å². The Bertz CT molecular complexity index is 410. The van der Waals surface area contributed by atoms with Crippen LogP contribution < -0.4 is 5.73 Å². The molecule has 0 aliphatic heterocycles. The zero-order valence-electron chi connectivity index (χ0n) is 6.64. The maximum atomic E-state index is 9.05. The molecule has 2 aromatic rings. The van der Waals surface area contributed by atoms with Gasteiger partial charge in [0.05, 0.1) is 0 Å². The molecule has 0 atom stereocenters. The van der Waals surface area contributed by atoms with Gasteiger partial charge in [-0.2, -0.15) is 9.36 Å². The van der Waals surface area contributed by atoms with Gasteiger partial charge in [0.1, 0.15) is 5.75 Å². The number of benzene rings is 1. The second-order valence-corrected chi connectivity index (χ2v) is 3.29. The molecule has 2 rings (SSSR count). The number of hydrogen-bond acceptors (Lipinski definition) is 5. The van der Waals surface area contributed by atoms with Gasteiger partial charge in [-0.25, -0.2) is 0 Å². The van der Waals surface area contributed by atoms with E-state index in [1.807, 2.05) is 0 Å². The average molecular weight is 193 g/mol. The fraction of sp³-hybridized carbons (Fsp3) is 0. The first-order valence-corrected chi connectivity index (χ1v) is 4.41. The summed E-state index contributed by atoms with van der Waals surface area (Å²) in [4.78, 5) is 4.01. The van der Waals surface area contributed by atoms with Crippen LogP contribution in [0.5, 0.6) is 5.75 Å². The molecule has 0 unspecified atom stereocenters. The summed E-state index contributed by atoms with van der Waals surface area (Å²) in [5.74, 6) is 0.828. The first-order chi connectivity index (χ1) is 6.25. The lowest BCUT2D eigenvalue weighted by atomic mass is 10.2. The fourth-order valence-corrected chi connectivity index (χ4v) is 1.42. The monoisotopic (exact) mass is 193 g/mol. The molecule has 0 fully saturated rings. The quantitative estimate of drug-likeness (QED) is 0.719. The van der Waals surface area contributed by atoms with Crippen LogP contribution in [0.2, 0.25) is 0 Å². The highest BCUT2D eigenvalue weighted by Gasteiger charge is 2.03. The van der Waals surface area contributed by atoms with Gasteiger partial charge in [0, 0.05) is 17.1 Å². The number of anilines is 1. The maximum Gasteiger partial charge on any atom is 0.200 e. The number of nitrogens with zero attached hydrogens (tertiary/aromatic N) is 2. The molecule has 1 aromatic heterocycles. The average Bonchev–Trinajstić information content (AvgIpc) is 2.53. The molecule has 0 amide bonds. The molecule has 0 bridgehead atoms. The molecule has 1 aromatic carbocycles. The molecule has 5 heteroatoms. The molecule has 4 nitrogen and oxygen atoms in total. The van der Waals surface area contributed by atoms with E-state index in [4.69, 9.17) is 10.8 Å². The highest BCUT2D eigenvalue weighted by atomic mass is 32.1. The summed E-state index contributed by atoms with van der Waals surface area (Å²) < 4.78 is 4.04. The van der Waals surface area contributed by atoms with Crippen molar-refractivity contribution in [2.75, 3.05) is 5.73 Å². The van der Waals surface area contributed by atoms with Gasteiger partial charge in [0.2, 0.25) is 0 Å². The molecular formula is C8H7N3OS. The summed E-state index contributed by atoms with van der Waals surface area (Å²) in [7, 11) is 0. The Labute approximate surface area is 78.8 Å². The Kier molecular flexibility index (Phi) is 1.86. The van der Waals surface area contributed by atoms with Crippen LogP contribution in [0.4, 0.5) is 5.13 Å². The van der Waals surface area contributed by atoms with Gasteiger partial charge in [0.15, 0.2) is 11.0 Å². The van der Waals surface area contributed by atoms with Crippen molar-refractivity contribution in [3.63, 3.8) is 0 Å². The van der Waals surface area contributed by atoms with Crippen LogP contribution in [0.1, 0.15) is 0 Å². The van der Waals surface area contributed by atoms with Gasteiger partial charge >= 0.3 is 0 Å². The van der Waals surface area contributed by atoms with Crippen molar-refractivity contribution >= 4 is 16.7 Å². The third kappa shape index (κ3) is 1.59. The molecular weight excluding hydrogens is 186 g/mol. The van der Waals surface area contributed by atoms with Crippen molar-refractivity contribution in [3.8, 4) is 17.1 Å². The first kappa shape index (κ1) is 8.00. The predicted octanol–water partition coefficient (Wildman–Crippen LogP) is 1.49. The summed E-state index contributed by atoms with van der Waals surface area (Å²) in [5, 5.41) is 9.49. The highest BCUT2D eigenvalue weighted by molar-refractivity contribution is 7.09. The minimum atomic E-state index is 0.229. The van der Waals surface area contributed by atoms with Crippen molar-refractivity contribution in [2.24, 2.45) is 0 Å². The van der Waals surface area contributed by atoms with E-state index in [1.54, 1.807) is 24.3 Å². The second kappa shape index (κ2) is 3.02. The minimum Gasteiger partial charge on any atom is -0.508 e. The lowest BCUT2D eigenvalue weighted by molar-refractivity contribution is 0.475. The molecule has 0 saturated carbocycles. The SMILES string of the molecule is Nc1nc(-c2ccc(O)cc2)ns1. The molecule has 1 heterocycles. The van der Waals surface area contributed by atoms with Crippen LogP contribution in [-0.2, 0) is 0 Å². The maximum absolute atomic E-state index is 9.05. The lowest BCUT2D eigenvalue weighted by Crippen LogP contribution is -1.83. The van der Waals surface area contributed by atoms with Crippen molar-refractivity contribution in [1.29, 1.82) is 0 Å². The van der Waals surface area contributed by atoms with Crippen LogP contribution in [0.15, 0.2) is 24.3 Å². The van der Waals surface area contributed by atoms with Crippen LogP contribution in [-0.4, -0.2) is 14.5 Å². The third-order valence-corrected chi connectivity index (χ3v) is 2.11. The molecule has 0 radical (unpaired) electrons. The number of nitrogen functional groups attached to an aromatic ring is 1. The normalized spacial score (nSPS) is 10.2. The molecule has 13 heavy (non-hydrogen) atoms. The van der Waals surface area contributed by atoms with Gasteiger partial charge in [-0.05, 0) is 24.3 Å². The largest absolute Gasteiger partial charge is 0.508 e. The number of phenols is 1. The minimum absolute atomic E-state index is 0.229. The lowest BCUT2D eigenvalue weighted by Gasteiger charge is -1.94. The number of nitrogens with two attached hydrogens (primary N) is 1. The Hall–Kier alpha value is -1.62. The third-order valence-electron chi connectivity index (χ3n) is 1.57. The van der Waals surface area contributed by atoms with Crippen LogP contribution in [0, 0.1) is 0 Å². The Morgan fingerprint density at radius 2 is 1.92 bits per heavy atom. The van der Waals surface area contributed by atoms with Crippen molar-refractivity contribution in [1.82, 2.24) is 9.36 Å². The fourth-order valence-electron chi connectivity index (χ4n) is 0.963. The van der Waals surface area contributed by atoms with E-state index in [0.717, 1.165) is 17.1 Å². The summed E-state index contributed by atoms with van der Waals surface area (Å²) in [6, 6.07) is 6.67. The zero-order valence-corrected chi connectivity index (χ0v) is 7.45. The smallest absolute Gasteiger partial charge is 0.200 e. The van der Waals surface area contributed by atoms with Crippen LogP contribution in [0.3, 0.4) is 0 Å². The molecule has 66 valence electrons. The predicted molar refractivity (Wildman–Crippen MR) is 51.4 cm³/mol. The van der Waals surface area contributed by atoms with Crippen molar-refractivity contribution < 1.29 is 5.11 Å². The topological polar surface area (TPSA) is 72.0 Å². The van der Waals surface area contributed by atoms with E-state index in [0.29, 0.717) is 11.0 Å². The van der Waals surface area contributed by atoms with Crippen LogP contribution >= 0.6 is 11.5 Å². The van der Waals surface area contributed by atoms with Gasteiger partial charge in [-0.15, -0.1) is 0 Å². The Balaban J connectivity index is 2.41. The molecule has 3 N–H and O–H groups in total. The van der Waals surface area contributed by atoms with E-state index in [1.165, 1.54) is 0 Å². The van der Waals surface area contributed by atoms with Crippen molar-refractivity contribution in [2.45, 2.75) is 0 Å². The van der Waals surface area contributed by atoms with E-state index in [-0.39, 0.29) is 5.75 Å². The summed E-state index contributed by atoms with van der Waals surface area (Å²) in [6.07, 6.45) is 0. The summed E-state index contributed by atoms with van der Waals surface area (Å²) >= 11 is 1.16. The standard InChI is InChI=1S/C8H7N3OS/c9-8-10-7(11-13-8)5-1-3-6(12)4-2-5/h1-4,12H,(H2,9,10,11). The van der Waals surface area contributed by atoms with Crippen molar-refractivity contribution in [3.05, 3.63) is 24.3 Å². The number of aromatic hydroxyl groups is 1. The van der Waals surface area contributed by atoms with Gasteiger partial charge < -0.3 is 10.8 Å². The van der Waals surface area contributed by atoms with E-state index >= 15 is 0 Å². The number of phenolic OH excluding ortho intramolecular Hbond substituents is 1. The van der Waals surface area contributed by atoms with Gasteiger partial charge in [-0.1, -0.05) is 0 Å². The van der Waals surface area contributed by atoms with E-state index in [9.17, 15) is 0 Å². The molecule has 0 saturated heterocycles. The number of rotatable bonds is 1.